The van der Waals surface area contributed by atoms with Gasteiger partial charge in [-0.05, 0) is 43.3 Å². The van der Waals surface area contributed by atoms with E-state index in [1.165, 1.54) is 0 Å². The number of para-hydroxylation sites is 1. The molecule has 0 aliphatic carbocycles. The van der Waals surface area contributed by atoms with Gasteiger partial charge in [-0.2, -0.15) is 5.10 Å². The van der Waals surface area contributed by atoms with Crippen LogP contribution in [0, 0.1) is 6.92 Å². The van der Waals surface area contributed by atoms with Crippen molar-refractivity contribution in [3.63, 3.8) is 0 Å². The second-order valence-corrected chi connectivity index (χ2v) is 7.22. The van der Waals surface area contributed by atoms with Crippen LogP contribution in [0.15, 0.2) is 95.0 Å². The molecule has 1 N–H and O–H groups in total. The van der Waals surface area contributed by atoms with Gasteiger partial charge in [0.1, 0.15) is 0 Å². The highest BCUT2D eigenvalue weighted by molar-refractivity contribution is 7.99. The van der Waals surface area contributed by atoms with Crippen molar-refractivity contribution >= 4 is 23.4 Å². The van der Waals surface area contributed by atoms with E-state index in [0.29, 0.717) is 11.4 Å². The van der Waals surface area contributed by atoms with Gasteiger partial charge in [0.2, 0.25) is 0 Å². The number of hydrogen-bond donors (Lipinski definition) is 1. The van der Waals surface area contributed by atoms with E-state index in [4.69, 9.17) is 0 Å². The molecule has 2 heterocycles. The molecular weight excluding hydrogens is 368 g/mol. The Morgan fingerprint density at radius 3 is 2.50 bits per heavy atom. The van der Waals surface area contributed by atoms with Crippen LogP contribution in [0.4, 0.5) is 5.69 Å². The summed E-state index contributed by atoms with van der Waals surface area (Å²) in [5.41, 5.74) is 2.03. The number of anilines is 1. The van der Waals surface area contributed by atoms with Crippen molar-refractivity contribution in [3.05, 3.63) is 96.4 Å². The number of hydrogen-bond acceptors (Lipinski definition) is 4. The molecule has 0 atom stereocenters. The summed E-state index contributed by atoms with van der Waals surface area (Å²) >= 11 is 1.61. The first-order valence-electron chi connectivity index (χ1n) is 8.81. The second-order valence-electron chi connectivity index (χ2n) is 6.11. The predicted octanol–water partition coefficient (Wildman–Crippen LogP) is 4.98. The van der Waals surface area contributed by atoms with Crippen molar-refractivity contribution < 1.29 is 4.79 Å². The molecular formula is C22H18N4OS. The zero-order valence-electron chi connectivity index (χ0n) is 15.2. The molecule has 0 radical (unpaired) electrons. The van der Waals surface area contributed by atoms with Gasteiger partial charge >= 0.3 is 0 Å². The Morgan fingerprint density at radius 2 is 1.71 bits per heavy atom. The number of aromatic nitrogens is 3. The minimum atomic E-state index is -0.194. The third kappa shape index (κ3) is 3.82. The topological polar surface area (TPSA) is 59.8 Å². The fourth-order valence-corrected chi connectivity index (χ4v) is 3.73. The SMILES string of the molecule is Cc1c(C(=O)Nc2ccccc2Sc2ccccc2)cnn1-c1ccccn1. The van der Waals surface area contributed by atoms with E-state index in [0.717, 1.165) is 21.2 Å². The number of nitrogens with one attached hydrogen (secondary N) is 1. The van der Waals surface area contributed by atoms with Gasteiger partial charge in [-0.25, -0.2) is 9.67 Å². The summed E-state index contributed by atoms with van der Waals surface area (Å²) in [6.45, 7) is 1.86. The van der Waals surface area contributed by atoms with Crippen LogP contribution < -0.4 is 5.32 Å². The van der Waals surface area contributed by atoms with Gasteiger partial charge < -0.3 is 5.32 Å². The third-order valence-electron chi connectivity index (χ3n) is 4.23. The van der Waals surface area contributed by atoms with Crippen LogP contribution >= 0.6 is 11.8 Å². The first-order chi connectivity index (χ1) is 13.7. The van der Waals surface area contributed by atoms with Crippen LogP contribution in [0.5, 0.6) is 0 Å². The van der Waals surface area contributed by atoms with Crippen molar-refractivity contribution in [2.45, 2.75) is 16.7 Å². The fourth-order valence-electron chi connectivity index (χ4n) is 2.81. The summed E-state index contributed by atoms with van der Waals surface area (Å²) < 4.78 is 1.67. The maximum Gasteiger partial charge on any atom is 0.259 e. The summed E-state index contributed by atoms with van der Waals surface area (Å²) in [7, 11) is 0. The predicted molar refractivity (Wildman–Crippen MR) is 111 cm³/mol. The molecule has 2 aromatic heterocycles. The Morgan fingerprint density at radius 1 is 0.964 bits per heavy atom. The van der Waals surface area contributed by atoms with Crippen LogP contribution in [-0.2, 0) is 0 Å². The summed E-state index contributed by atoms with van der Waals surface area (Å²) in [6, 6.07) is 23.4. The van der Waals surface area contributed by atoms with Crippen molar-refractivity contribution in [1.29, 1.82) is 0 Å². The number of amides is 1. The molecule has 1 amide bonds. The lowest BCUT2D eigenvalue weighted by molar-refractivity contribution is 0.102. The van der Waals surface area contributed by atoms with Crippen molar-refractivity contribution in [1.82, 2.24) is 14.8 Å². The van der Waals surface area contributed by atoms with E-state index in [-0.39, 0.29) is 5.91 Å². The second kappa shape index (κ2) is 8.10. The minimum Gasteiger partial charge on any atom is -0.321 e. The van der Waals surface area contributed by atoms with Crippen LogP contribution in [0.2, 0.25) is 0 Å². The number of carbonyl (C=O) groups excluding carboxylic acids is 1. The zero-order chi connectivity index (χ0) is 19.3. The van der Waals surface area contributed by atoms with Crippen molar-refractivity contribution in [2.75, 3.05) is 5.32 Å². The first kappa shape index (κ1) is 18.0. The van der Waals surface area contributed by atoms with Crippen LogP contribution in [0.3, 0.4) is 0 Å². The molecule has 0 saturated carbocycles. The minimum absolute atomic E-state index is 0.194. The molecule has 4 aromatic rings. The van der Waals surface area contributed by atoms with Gasteiger partial charge in [0.15, 0.2) is 5.82 Å². The molecule has 0 unspecified atom stereocenters. The van der Waals surface area contributed by atoms with E-state index >= 15 is 0 Å². The molecule has 0 saturated heterocycles. The van der Waals surface area contributed by atoms with E-state index in [1.807, 2.05) is 79.7 Å². The van der Waals surface area contributed by atoms with Crippen LogP contribution in [-0.4, -0.2) is 20.7 Å². The molecule has 2 aromatic carbocycles. The Hall–Kier alpha value is -3.38. The van der Waals surface area contributed by atoms with E-state index in [2.05, 4.69) is 15.4 Å². The first-order valence-corrected chi connectivity index (χ1v) is 9.63. The monoisotopic (exact) mass is 386 g/mol. The standard InChI is InChI=1S/C22H18N4OS/c1-16-18(15-24-26(16)21-13-7-8-14-23-21)22(27)25-19-11-5-6-12-20(19)28-17-9-3-2-4-10-17/h2-15H,1H3,(H,25,27). The number of rotatable bonds is 5. The highest BCUT2D eigenvalue weighted by Crippen LogP contribution is 2.33. The van der Waals surface area contributed by atoms with Gasteiger partial charge in [0.05, 0.1) is 23.1 Å². The average molecular weight is 386 g/mol. The van der Waals surface area contributed by atoms with Crippen LogP contribution in [0.1, 0.15) is 16.1 Å². The summed E-state index contributed by atoms with van der Waals surface area (Å²) in [6.07, 6.45) is 3.28. The number of pyridine rings is 1. The largest absolute Gasteiger partial charge is 0.321 e. The number of carbonyl (C=O) groups is 1. The molecule has 28 heavy (non-hydrogen) atoms. The Bertz CT molecular complexity index is 1090. The quantitative estimate of drug-likeness (QED) is 0.525. The van der Waals surface area contributed by atoms with E-state index < -0.39 is 0 Å². The Kier molecular flexibility index (Phi) is 5.21. The van der Waals surface area contributed by atoms with Gasteiger partial charge in [-0.1, -0.05) is 48.2 Å². The smallest absolute Gasteiger partial charge is 0.259 e. The maximum absolute atomic E-state index is 12.9. The highest BCUT2D eigenvalue weighted by Gasteiger charge is 2.17. The maximum atomic E-state index is 12.9. The molecule has 138 valence electrons. The molecule has 6 heteroatoms. The lowest BCUT2D eigenvalue weighted by Gasteiger charge is -2.11. The molecule has 4 rings (SSSR count). The summed E-state index contributed by atoms with van der Waals surface area (Å²) in [5.74, 6) is 0.486. The van der Waals surface area contributed by atoms with E-state index in [9.17, 15) is 4.79 Å². The molecule has 0 aliphatic rings. The van der Waals surface area contributed by atoms with Gasteiger partial charge in [-0.15, -0.1) is 0 Å². The average Bonchev–Trinajstić information content (AvgIpc) is 3.12. The van der Waals surface area contributed by atoms with Crippen molar-refractivity contribution in [2.24, 2.45) is 0 Å². The Balaban J connectivity index is 1.58. The Labute approximate surface area is 167 Å². The normalized spacial score (nSPS) is 10.6. The number of nitrogens with zero attached hydrogens (tertiary/aromatic N) is 3. The lowest BCUT2D eigenvalue weighted by atomic mass is 10.2. The van der Waals surface area contributed by atoms with Gasteiger partial charge in [-0.3, -0.25) is 4.79 Å². The highest BCUT2D eigenvalue weighted by atomic mass is 32.2. The third-order valence-corrected chi connectivity index (χ3v) is 5.31. The van der Waals surface area contributed by atoms with Crippen LogP contribution in [0.25, 0.3) is 5.82 Å². The molecule has 5 nitrogen and oxygen atoms in total. The molecule has 0 spiro atoms. The summed E-state index contributed by atoms with van der Waals surface area (Å²) in [5, 5.41) is 7.35. The summed E-state index contributed by atoms with van der Waals surface area (Å²) in [4.78, 5) is 19.3. The zero-order valence-corrected chi connectivity index (χ0v) is 16.1. The van der Waals surface area contributed by atoms with E-state index in [1.54, 1.807) is 28.8 Å². The molecule has 0 aliphatic heterocycles. The van der Waals surface area contributed by atoms with Gasteiger partial charge in [0.25, 0.3) is 5.91 Å². The number of benzene rings is 2. The fraction of sp³-hybridized carbons (Fsp3) is 0.0455. The van der Waals surface area contributed by atoms with Crippen molar-refractivity contribution in [3.8, 4) is 5.82 Å². The van der Waals surface area contributed by atoms with Gasteiger partial charge in [0, 0.05) is 16.0 Å². The molecule has 0 fully saturated rings. The lowest BCUT2D eigenvalue weighted by Crippen LogP contribution is -2.13. The molecule has 0 bridgehead atoms.